The second-order valence-corrected chi connectivity index (χ2v) is 5.28. The number of carbonyl (C=O) groups excluding carboxylic acids is 1. The van der Waals surface area contributed by atoms with Gasteiger partial charge in [-0.3, -0.25) is 4.79 Å². The maximum absolute atomic E-state index is 12.0. The number of hydrogen-bond donors (Lipinski definition) is 2. The van der Waals surface area contributed by atoms with Crippen molar-refractivity contribution in [1.29, 1.82) is 0 Å². The molecule has 1 aromatic carbocycles. The molecule has 0 atom stereocenters. The predicted molar refractivity (Wildman–Crippen MR) is 78.6 cm³/mol. The van der Waals surface area contributed by atoms with Crippen LogP contribution in [0.2, 0.25) is 0 Å². The van der Waals surface area contributed by atoms with Crippen molar-refractivity contribution in [1.82, 2.24) is 10.5 Å². The summed E-state index contributed by atoms with van der Waals surface area (Å²) in [6.45, 7) is 2.78. The third kappa shape index (κ3) is 3.85. The van der Waals surface area contributed by atoms with Crippen LogP contribution < -0.4 is 11.1 Å². The van der Waals surface area contributed by atoms with Gasteiger partial charge in [-0.05, 0) is 19.1 Å². The Bertz CT molecular complexity index is 583. The lowest BCUT2D eigenvalue weighted by Gasteiger charge is -2.08. The summed E-state index contributed by atoms with van der Waals surface area (Å²) < 4.78 is 5.16. The molecule has 0 aliphatic rings. The topological polar surface area (TPSA) is 81.2 Å². The van der Waals surface area contributed by atoms with Gasteiger partial charge in [0.25, 0.3) is 5.91 Å². The highest BCUT2D eigenvalue weighted by molar-refractivity contribution is 7.98. The zero-order valence-corrected chi connectivity index (χ0v) is 12.1. The zero-order chi connectivity index (χ0) is 14.4. The van der Waals surface area contributed by atoms with E-state index >= 15 is 0 Å². The minimum atomic E-state index is -0.104. The quantitative estimate of drug-likeness (QED) is 0.795. The molecule has 0 radical (unpaired) electrons. The Morgan fingerprint density at radius 3 is 2.95 bits per heavy atom. The molecule has 0 aliphatic carbocycles. The smallest absolute Gasteiger partial charge is 0.252 e. The van der Waals surface area contributed by atoms with E-state index in [2.05, 4.69) is 10.5 Å². The van der Waals surface area contributed by atoms with E-state index in [1.807, 2.05) is 31.2 Å². The summed E-state index contributed by atoms with van der Waals surface area (Å²) in [6, 6.07) is 9.38. The molecule has 1 amide bonds. The van der Waals surface area contributed by atoms with Gasteiger partial charge in [0.1, 0.15) is 5.76 Å². The Morgan fingerprint density at radius 2 is 2.25 bits per heavy atom. The third-order valence-corrected chi connectivity index (χ3v) is 3.70. The molecule has 0 saturated carbocycles. The number of nitrogens with two attached hydrogens (primary N) is 1. The molecule has 0 spiro atoms. The number of hydrogen-bond acceptors (Lipinski definition) is 5. The Kier molecular flexibility index (Phi) is 5.20. The summed E-state index contributed by atoms with van der Waals surface area (Å²) in [6.07, 6.45) is 0. The van der Waals surface area contributed by atoms with Crippen LogP contribution in [0.1, 0.15) is 21.8 Å². The number of amides is 1. The number of aryl methyl sites for hydroxylation is 1. The molecule has 106 valence electrons. The van der Waals surface area contributed by atoms with Crippen LogP contribution in [-0.2, 0) is 5.75 Å². The number of nitrogens with one attached hydrogen (secondary N) is 1. The number of carbonyl (C=O) groups is 1. The molecular weight excluding hydrogens is 274 g/mol. The van der Waals surface area contributed by atoms with Gasteiger partial charge in [-0.25, -0.2) is 0 Å². The second kappa shape index (κ2) is 7.12. The van der Waals surface area contributed by atoms with Crippen molar-refractivity contribution < 1.29 is 9.32 Å². The summed E-state index contributed by atoms with van der Waals surface area (Å²) in [4.78, 5) is 12.9. The van der Waals surface area contributed by atoms with Crippen LogP contribution in [0.15, 0.2) is 39.8 Å². The van der Waals surface area contributed by atoms with Crippen molar-refractivity contribution >= 4 is 17.7 Å². The first-order valence-corrected chi connectivity index (χ1v) is 7.31. The van der Waals surface area contributed by atoms with E-state index in [4.69, 9.17) is 10.3 Å². The van der Waals surface area contributed by atoms with Crippen molar-refractivity contribution in [2.75, 3.05) is 13.1 Å². The van der Waals surface area contributed by atoms with E-state index < -0.39 is 0 Å². The number of benzene rings is 1. The number of thioether (sulfide) groups is 1. The summed E-state index contributed by atoms with van der Waals surface area (Å²) in [7, 11) is 0. The average molecular weight is 291 g/mol. The Morgan fingerprint density at radius 1 is 1.45 bits per heavy atom. The van der Waals surface area contributed by atoms with Gasteiger partial charge in [-0.15, -0.1) is 11.8 Å². The lowest BCUT2D eigenvalue weighted by Crippen LogP contribution is -2.29. The Labute approximate surface area is 121 Å². The standard InChI is InChI=1S/C14H17N3O2S/c1-10-8-11(19-17-10)9-20-13-5-3-2-4-12(13)14(18)16-7-6-15/h2-5,8H,6-7,9,15H2,1H3,(H,16,18). The maximum atomic E-state index is 12.0. The summed E-state index contributed by atoms with van der Waals surface area (Å²) >= 11 is 1.55. The van der Waals surface area contributed by atoms with Gasteiger partial charge in [-0.2, -0.15) is 0 Å². The predicted octanol–water partition coefficient (Wildman–Crippen LogP) is 1.96. The highest BCUT2D eigenvalue weighted by Gasteiger charge is 2.11. The fraction of sp³-hybridized carbons (Fsp3) is 0.286. The molecule has 20 heavy (non-hydrogen) atoms. The van der Waals surface area contributed by atoms with E-state index in [9.17, 15) is 4.79 Å². The van der Waals surface area contributed by atoms with Crippen molar-refractivity contribution in [2.45, 2.75) is 17.6 Å². The number of nitrogens with zero attached hydrogens (tertiary/aromatic N) is 1. The van der Waals surface area contributed by atoms with E-state index in [1.165, 1.54) is 0 Å². The molecule has 0 unspecified atom stereocenters. The second-order valence-electron chi connectivity index (χ2n) is 4.26. The minimum Gasteiger partial charge on any atom is -0.360 e. The molecule has 3 N–H and O–H groups in total. The molecule has 0 bridgehead atoms. The molecule has 2 rings (SSSR count). The minimum absolute atomic E-state index is 0.104. The molecule has 0 saturated heterocycles. The fourth-order valence-electron chi connectivity index (χ4n) is 1.69. The van der Waals surface area contributed by atoms with E-state index in [0.29, 0.717) is 24.4 Å². The summed E-state index contributed by atoms with van der Waals surface area (Å²) in [5.41, 5.74) is 6.90. The monoisotopic (exact) mass is 291 g/mol. The number of aromatic nitrogens is 1. The molecule has 1 heterocycles. The van der Waals surface area contributed by atoms with Gasteiger partial charge in [0.2, 0.25) is 0 Å². The van der Waals surface area contributed by atoms with Crippen LogP contribution in [0.5, 0.6) is 0 Å². The van der Waals surface area contributed by atoms with E-state index in [0.717, 1.165) is 16.3 Å². The molecule has 1 aromatic heterocycles. The van der Waals surface area contributed by atoms with E-state index in [1.54, 1.807) is 17.8 Å². The van der Waals surface area contributed by atoms with Gasteiger partial charge >= 0.3 is 0 Å². The largest absolute Gasteiger partial charge is 0.360 e. The van der Waals surface area contributed by atoms with Crippen molar-refractivity contribution in [3.8, 4) is 0 Å². The highest BCUT2D eigenvalue weighted by atomic mass is 32.2. The third-order valence-electron chi connectivity index (χ3n) is 2.61. The fourth-order valence-corrected chi connectivity index (χ4v) is 2.62. The SMILES string of the molecule is Cc1cc(CSc2ccccc2C(=O)NCCN)on1. The molecule has 0 fully saturated rings. The van der Waals surface area contributed by atoms with Crippen molar-refractivity contribution in [2.24, 2.45) is 5.73 Å². The van der Waals surface area contributed by atoms with Crippen LogP contribution >= 0.6 is 11.8 Å². The van der Waals surface area contributed by atoms with Crippen molar-refractivity contribution in [3.63, 3.8) is 0 Å². The normalized spacial score (nSPS) is 10.5. The molecule has 6 heteroatoms. The molecule has 5 nitrogen and oxygen atoms in total. The molecule has 2 aromatic rings. The van der Waals surface area contributed by atoms with Crippen LogP contribution in [0, 0.1) is 6.92 Å². The van der Waals surface area contributed by atoms with Gasteiger partial charge in [0.15, 0.2) is 0 Å². The number of rotatable bonds is 6. The average Bonchev–Trinajstić information content (AvgIpc) is 2.88. The van der Waals surface area contributed by atoms with Crippen LogP contribution in [-0.4, -0.2) is 24.2 Å². The van der Waals surface area contributed by atoms with Gasteiger partial charge in [0.05, 0.1) is 17.0 Å². The lowest BCUT2D eigenvalue weighted by molar-refractivity contribution is 0.0952. The lowest BCUT2D eigenvalue weighted by atomic mass is 10.2. The van der Waals surface area contributed by atoms with E-state index in [-0.39, 0.29) is 5.91 Å². The van der Waals surface area contributed by atoms with Crippen LogP contribution in [0.25, 0.3) is 0 Å². The molecular formula is C14H17N3O2S. The summed E-state index contributed by atoms with van der Waals surface area (Å²) in [5, 5.41) is 6.62. The Balaban J connectivity index is 2.05. The zero-order valence-electron chi connectivity index (χ0n) is 11.3. The maximum Gasteiger partial charge on any atom is 0.252 e. The highest BCUT2D eigenvalue weighted by Crippen LogP contribution is 2.26. The first kappa shape index (κ1) is 14.6. The van der Waals surface area contributed by atoms with Crippen LogP contribution in [0.4, 0.5) is 0 Å². The van der Waals surface area contributed by atoms with Gasteiger partial charge < -0.3 is 15.6 Å². The molecule has 0 aliphatic heterocycles. The summed E-state index contributed by atoms with van der Waals surface area (Å²) in [5.74, 6) is 1.33. The van der Waals surface area contributed by atoms with Gasteiger partial charge in [0, 0.05) is 24.1 Å². The first-order valence-electron chi connectivity index (χ1n) is 6.33. The van der Waals surface area contributed by atoms with Gasteiger partial charge in [-0.1, -0.05) is 17.3 Å². The first-order chi connectivity index (χ1) is 9.70. The Hall–Kier alpha value is -1.79. The van der Waals surface area contributed by atoms with Crippen molar-refractivity contribution in [3.05, 3.63) is 47.3 Å². The van der Waals surface area contributed by atoms with Crippen LogP contribution in [0.3, 0.4) is 0 Å².